The summed E-state index contributed by atoms with van der Waals surface area (Å²) < 4.78 is 0. The zero-order valence-electron chi connectivity index (χ0n) is 5.59. The van der Waals surface area contributed by atoms with Crippen LogP contribution in [0.2, 0.25) is 0 Å². The first-order chi connectivity index (χ1) is 4.47. The Morgan fingerprint density at radius 1 is 1.50 bits per heavy atom. The van der Waals surface area contributed by atoms with E-state index in [-0.39, 0.29) is 12.4 Å². The van der Waals surface area contributed by atoms with Crippen molar-refractivity contribution in [3.63, 3.8) is 0 Å². The lowest BCUT2D eigenvalue weighted by Crippen LogP contribution is -2.08. The first-order valence-corrected chi connectivity index (χ1v) is 4.15. The normalized spacial score (nSPS) is 14.8. The number of halogens is 1. The Morgan fingerprint density at radius 2 is 2.40 bits per heavy atom. The number of rotatable bonds is 0. The van der Waals surface area contributed by atoms with Crippen molar-refractivity contribution in [3.8, 4) is 0 Å². The van der Waals surface area contributed by atoms with Gasteiger partial charge >= 0.3 is 0 Å². The lowest BCUT2D eigenvalue weighted by atomic mass is 10.2. The van der Waals surface area contributed by atoms with Gasteiger partial charge in [0.1, 0.15) is 0 Å². The van der Waals surface area contributed by atoms with Crippen LogP contribution < -0.4 is 5.32 Å². The molecule has 1 aliphatic heterocycles. The number of hydrogen-bond donors (Lipinski definition) is 1. The van der Waals surface area contributed by atoms with Crippen molar-refractivity contribution in [1.29, 1.82) is 0 Å². The second-order valence-corrected chi connectivity index (χ2v) is 3.29. The third-order valence-corrected chi connectivity index (χ3v) is 2.62. The maximum absolute atomic E-state index is 3.35. The number of aryl methyl sites for hydroxylation is 1. The second-order valence-electron chi connectivity index (χ2n) is 2.29. The molecule has 1 aromatic heterocycles. The smallest absolute Gasteiger partial charge is 0.0481 e. The van der Waals surface area contributed by atoms with Crippen molar-refractivity contribution < 1.29 is 0 Å². The summed E-state index contributed by atoms with van der Waals surface area (Å²) in [4.78, 5) is 1.53. The van der Waals surface area contributed by atoms with Crippen molar-refractivity contribution in [2.24, 2.45) is 0 Å². The molecule has 10 heavy (non-hydrogen) atoms. The lowest BCUT2D eigenvalue weighted by Gasteiger charge is -2.12. The first kappa shape index (κ1) is 7.89. The summed E-state index contributed by atoms with van der Waals surface area (Å²) in [5.74, 6) is 0. The van der Waals surface area contributed by atoms with E-state index in [1.54, 1.807) is 0 Å². The number of nitrogens with one attached hydrogen (secondary N) is 1. The van der Waals surface area contributed by atoms with E-state index < -0.39 is 0 Å². The highest BCUT2D eigenvalue weighted by molar-refractivity contribution is 7.10. The van der Waals surface area contributed by atoms with Gasteiger partial charge in [-0.3, -0.25) is 0 Å². The minimum absolute atomic E-state index is 0. The molecule has 0 aliphatic carbocycles. The van der Waals surface area contributed by atoms with E-state index >= 15 is 0 Å². The van der Waals surface area contributed by atoms with Crippen LogP contribution in [0.15, 0.2) is 11.4 Å². The number of anilines is 1. The summed E-state index contributed by atoms with van der Waals surface area (Å²) in [6.45, 7) is 1.16. The molecule has 1 aliphatic rings. The minimum Gasteiger partial charge on any atom is -0.384 e. The number of hydrogen-bond acceptors (Lipinski definition) is 2. The van der Waals surface area contributed by atoms with Crippen LogP contribution in [-0.4, -0.2) is 6.54 Å². The molecule has 2 heterocycles. The molecular weight excluding hydrogens is 166 g/mol. The Balaban J connectivity index is 0.000000500. The van der Waals surface area contributed by atoms with Crippen molar-refractivity contribution in [3.05, 3.63) is 16.3 Å². The fraction of sp³-hybridized carbons (Fsp3) is 0.429. The van der Waals surface area contributed by atoms with E-state index in [1.807, 2.05) is 11.3 Å². The third kappa shape index (κ3) is 1.27. The summed E-state index contributed by atoms with van der Waals surface area (Å²) in [7, 11) is 0. The SMILES string of the molecule is Cl.c1cc2c(s1)CCCN2. The average molecular weight is 176 g/mol. The Morgan fingerprint density at radius 3 is 3.20 bits per heavy atom. The molecule has 1 nitrogen and oxygen atoms in total. The average Bonchev–Trinajstić information content (AvgIpc) is 2.33. The highest BCUT2D eigenvalue weighted by Gasteiger charge is 2.07. The molecule has 0 saturated heterocycles. The van der Waals surface area contributed by atoms with Crippen molar-refractivity contribution >= 4 is 29.4 Å². The van der Waals surface area contributed by atoms with Crippen molar-refractivity contribution in [2.75, 3.05) is 11.9 Å². The van der Waals surface area contributed by atoms with E-state index in [0.717, 1.165) is 6.54 Å². The molecular formula is C7H10ClNS. The fourth-order valence-electron chi connectivity index (χ4n) is 1.16. The number of thiophene rings is 1. The zero-order chi connectivity index (χ0) is 6.10. The van der Waals surface area contributed by atoms with Crippen LogP contribution in [-0.2, 0) is 6.42 Å². The standard InChI is InChI=1S/C7H9NS.ClH/c1-2-7-6(8-4-1)3-5-9-7;/h3,5,8H,1-2,4H2;1H. The molecule has 0 bridgehead atoms. The zero-order valence-corrected chi connectivity index (χ0v) is 7.23. The van der Waals surface area contributed by atoms with Gasteiger partial charge in [0.05, 0.1) is 0 Å². The van der Waals surface area contributed by atoms with E-state index in [1.165, 1.54) is 23.4 Å². The van der Waals surface area contributed by atoms with Crippen molar-refractivity contribution in [2.45, 2.75) is 12.8 Å². The molecule has 0 saturated carbocycles. The molecule has 56 valence electrons. The molecule has 0 amide bonds. The lowest BCUT2D eigenvalue weighted by molar-refractivity contribution is 0.846. The van der Waals surface area contributed by atoms with E-state index in [0.29, 0.717) is 0 Å². The van der Waals surface area contributed by atoms with Crippen LogP contribution >= 0.6 is 23.7 Å². The van der Waals surface area contributed by atoms with E-state index in [2.05, 4.69) is 16.8 Å². The van der Waals surface area contributed by atoms with E-state index in [9.17, 15) is 0 Å². The third-order valence-electron chi connectivity index (χ3n) is 1.64. The van der Waals surface area contributed by atoms with Crippen LogP contribution in [0.5, 0.6) is 0 Å². The molecule has 1 N–H and O–H groups in total. The molecule has 2 rings (SSSR count). The first-order valence-electron chi connectivity index (χ1n) is 3.27. The predicted molar refractivity (Wildman–Crippen MR) is 48.4 cm³/mol. The number of fused-ring (bicyclic) bond motifs is 1. The maximum Gasteiger partial charge on any atom is 0.0481 e. The van der Waals surface area contributed by atoms with Gasteiger partial charge in [-0.05, 0) is 24.3 Å². The van der Waals surface area contributed by atoms with Gasteiger partial charge in [0.15, 0.2) is 0 Å². The molecule has 0 aromatic carbocycles. The summed E-state index contributed by atoms with van der Waals surface area (Å²) in [6, 6.07) is 2.17. The molecule has 1 aromatic rings. The monoisotopic (exact) mass is 175 g/mol. The largest absolute Gasteiger partial charge is 0.384 e. The topological polar surface area (TPSA) is 12.0 Å². The summed E-state index contributed by atoms with van der Waals surface area (Å²) in [5, 5.41) is 5.51. The maximum atomic E-state index is 3.35. The summed E-state index contributed by atoms with van der Waals surface area (Å²) in [6.07, 6.45) is 2.58. The fourth-order valence-corrected chi connectivity index (χ4v) is 2.06. The second kappa shape index (κ2) is 3.26. The van der Waals surface area contributed by atoms with Crippen LogP contribution in [0.1, 0.15) is 11.3 Å². The van der Waals surface area contributed by atoms with Crippen LogP contribution in [0.4, 0.5) is 5.69 Å². The van der Waals surface area contributed by atoms with Crippen LogP contribution in [0.25, 0.3) is 0 Å². The highest BCUT2D eigenvalue weighted by Crippen LogP contribution is 2.26. The van der Waals surface area contributed by atoms with Gasteiger partial charge in [-0.2, -0.15) is 0 Å². The van der Waals surface area contributed by atoms with Gasteiger partial charge in [-0.15, -0.1) is 23.7 Å². The van der Waals surface area contributed by atoms with Gasteiger partial charge in [0.2, 0.25) is 0 Å². The molecule has 0 radical (unpaired) electrons. The van der Waals surface area contributed by atoms with Gasteiger partial charge in [-0.25, -0.2) is 0 Å². The van der Waals surface area contributed by atoms with Gasteiger partial charge in [0, 0.05) is 17.1 Å². The Hall–Kier alpha value is -0.210. The highest BCUT2D eigenvalue weighted by atomic mass is 35.5. The van der Waals surface area contributed by atoms with Crippen LogP contribution in [0, 0.1) is 0 Å². The quantitative estimate of drug-likeness (QED) is 0.639. The Kier molecular flexibility index (Phi) is 2.57. The van der Waals surface area contributed by atoms with Gasteiger partial charge < -0.3 is 5.32 Å². The molecule has 0 fully saturated rings. The van der Waals surface area contributed by atoms with Crippen molar-refractivity contribution in [1.82, 2.24) is 0 Å². The molecule has 0 spiro atoms. The predicted octanol–water partition coefficient (Wildman–Crippen LogP) is 2.53. The van der Waals surface area contributed by atoms with Gasteiger partial charge in [0.25, 0.3) is 0 Å². The van der Waals surface area contributed by atoms with Gasteiger partial charge in [-0.1, -0.05) is 0 Å². The Labute approximate surface area is 70.9 Å². The van der Waals surface area contributed by atoms with Crippen LogP contribution in [0.3, 0.4) is 0 Å². The molecule has 0 unspecified atom stereocenters. The summed E-state index contributed by atoms with van der Waals surface area (Å²) >= 11 is 1.86. The minimum atomic E-state index is 0. The molecule has 0 atom stereocenters. The summed E-state index contributed by atoms with van der Waals surface area (Å²) in [5.41, 5.74) is 1.37. The Bertz CT molecular complexity index is 189. The van der Waals surface area contributed by atoms with E-state index in [4.69, 9.17) is 0 Å². The molecule has 3 heteroatoms.